The van der Waals surface area contributed by atoms with Gasteiger partial charge in [0, 0.05) is 16.6 Å². The molecule has 0 bridgehead atoms. The number of methoxy groups -OCH3 is 1. The number of nitrogens with zero attached hydrogens (tertiary/aromatic N) is 1. The molecule has 0 amide bonds. The first-order valence-electron chi connectivity index (χ1n) is 5.30. The summed E-state index contributed by atoms with van der Waals surface area (Å²) in [6, 6.07) is 5.35. The highest BCUT2D eigenvalue weighted by atomic mass is 35.5. The van der Waals surface area contributed by atoms with E-state index in [2.05, 4.69) is 4.74 Å². The van der Waals surface area contributed by atoms with Gasteiger partial charge in [-0.05, 0) is 24.2 Å². The maximum absolute atomic E-state index is 11.2. The van der Waals surface area contributed by atoms with Gasteiger partial charge in [-0.3, -0.25) is 9.69 Å². The average molecular weight is 276 g/mol. The first-order valence-corrected chi connectivity index (χ1v) is 6.05. The predicted molar refractivity (Wildman–Crippen MR) is 69.4 cm³/mol. The molecule has 1 aromatic carbocycles. The van der Waals surface area contributed by atoms with Crippen LogP contribution in [0, 0.1) is 0 Å². The Morgan fingerprint density at radius 3 is 2.65 bits per heavy atom. The molecule has 1 aromatic rings. The summed E-state index contributed by atoms with van der Waals surface area (Å²) in [7, 11) is 1.38. The third-order valence-corrected chi connectivity index (χ3v) is 3.02. The molecule has 0 aliphatic heterocycles. The molecule has 0 aromatic heterocycles. The summed E-state index contributed by atoms with van der Waals surface area (Å²) in [6.07, 6.45) is 0. The monoisotopic (exact) mass is 275 g/mol. The van der Waals surface area contributed by atoms with E-state index in [1.165, 1.54) is 7.11 Å². The van der Waals surface area contributed by atoms with E-state index in [0.717, 1.165) is 12.1 Å². The lowest BCUT2D eigenvalue weighted by molar-refractivity contribution is -0.142. The van der Waals surface area contributed by atoms with E-state index in [0.29, 0.717) is 16.6 Å². The van der Waals surface area contributed by atoms with Crippen molar-refractivity contribution in [3.05, 3.63) is 33.8 Å². The normalized spacial score (nSPS) is 10.6. The van der Waals surface area contributed by atoms with Gasteiger partial charge in [-0.25, -0.2) is 0 Å². The molecule has 0 saturated carbocycles. The van der Waals surface area contributed by atoms with Crippen molar-refractivity contribution in [2.24, 2.45) is 0 Å². The summed E-state index contributed by atoms with van der Waals surface area (Å²) in [4.78, 5) is 13.1. The van der Waals surface area contributed by atoms with E-state index in [-0.39, 0.29) is 12.5 Å². The third-order valence-electron chi connectivity index (χ3n) is 2.44. The van der Waals surface area contributed by atoms with E-state index in [1.54, 1.807) is 12.1 Å². The average Bonchev–Trinajstić information content (AvgIpc) is 2.31. The smallest absolute Gasteiger partial charge is 0.319 e. The van der Waals surface area contributed by atoms with Gasteiger partial charge in [0.1, 0.15) is 0 Å². The summed E-state index contributed by atoms with van der Waals surface area (Å²) in [5.74, 6) is -0.253. The molecule has 0 heterocycles. The zero-order valence-electron chi connectivity index (χ0n) is 9.87. The first kappa shape index (κ1) is 14.3. The molecule has 0 N–H and O–H groups in total. The van der Waals surface area contributed by atoms with Crippen molar-refractivity contribution >= 4 is 29.2 Å². The van der Waals surface area contributed by atoms with Gasteiger partial charge in [0.2, 0.25) is 0 Å². The van der Waals surface area contributed by atoms with E-state index >= 15 is 0 Å². The highest BCUT2D eigenvalue weighted by Crippen LogP contribution is 2.22. The van der Waals surface area contributed by atoms with Crippen LogP contribution in [0.2, 0.25) is 10.0 Å². The number of ether oxygens (including phenoxy) is 1. The van der Waals surface area contributed by atoms with Gasteiger partial charge in [0.25, 0.3) is 0 Å². The highest BCUT2D eigenvalue weighted by Gasteiger charge is 2.11. The highest BCUT2D eigenvalue weighted by molar-refractivity contribution is 6.35. The molecule has 0 fully saturated rings. The van der Waals surface area contributed by atoms with Crippen molar-refractivity contribution < 1.29 is 9.53 Å². The summed E-state index contributed by atoms with van der Waals surface area (Å²) in [6.45, 7) is 3.58. The lowest BCUT2D eigenvalue weighted by Gasteiger charge is -2.19. The third kappa shape index (κ3) is 4.54. The fourth-order valence-corrected chi connectivity index (χ4v) is 1.89. The van der Waals surface area contributed by atoms with Crippen LogP contribution >= 0.6 is 23.2 Å². The van der Waals surface area contributed by atoms with E-state index < -0.39 is 0 Å². The summed E-state index contributed by atoms with van der Waals surface area (Å²) in [5.41, 5.74) is 0.946. The molecule has 0 atom stereocenters. The second-order valence-electron chi connectivity index (χ2n) is 3.62. The minimum absolute atomic E-state index is 0.253. The Morgan fingerprint density at radius 1 is 1.41 bits per heavy atom. The number of benzene rings is 1. The standard InChI is InChI=1S/C12H15Cl2NO2/c1-3-15(8-12(16)17-2)7-9-4-5-10(13)6-11(9)14/h4-6H,3,7-8H2,1-2H3. The summed E-state index contributed by atoms with van der Waals surface area (Å²) < 4.78 is 4.63. The quantitative estimate of drug-likeness (QED) is 0.774. The number of hydrogen-bond donors (Lipinski definition) is 0. The number of esters is 1. The Labute approximate surface area is 111 Å². The molecular formula is C12H15Cl2NO2. The fourth-order valence-electron chi connectivity index (χ4n) is 1.42. The molecule has 0 radical (unpaired) electrons. The summed E-state index contributed by atoms with van der Waals surface area (Å²) >= 11 is 11.9. The topological polar surface area (TPSA) is 29.5 Å². The van der Waals surface area contributed by atoms with E-state index in [4.69, 9.17) is 23.2 Å². The number of likely N-dealkylation sites (N-methyl/N-ethyl adjacent to an activating group) is 1. The largest absolute Gasteiger partial charge is 0.468 e. The first-order chi connectivity index (χ1) is 8.06. The van der Waals surface area contributed by atoms with Gasteiger partial charge in [-0.15, -0.1) is 0 Å². The SMILES string of the molecule is CCN(CC(=O)OC)Cc1ccc(Cl)cc1Cl. The van der Waals surface area contributed by atoms with Gasteiger partial charge in [0.15, 0.2) is 0 Å². The van der Waals surface area contributed by atoms with Gasteiger partial charge in [0.05, 0.1) is 13.7 Å². The molecule has 0 aliphatic rings. The molecule has 0 aliphatic carbocycles. The molecular weight excluding hydrogens is 261 g/mol. The molecule has 94 valence electrons. The molecule has 0 unspecified atom stereocenters. The molecule has 3 nitrogen and oxygen atoms in total. The van der Waals surface area contributed by atoms with E-state index in [1.807, 2.05) is 17.9 Å². The number of rotatable bonds is 5. The number of halogens is 2. The molecule has 0 spiro atoms. The minimum Gasteiger partial charge on any atom is -0.468 e. The van der Waals surface area contributed by atoms with Crippen molar-refractivity contribution in [1.82, 2.24) is 4.90 Å². The number of carbonyl (C=O) groups excluding carboxylic acids is 1. The van der Waals surface area contributed by atoms with Gasteiger partial charge in [-0.2, -0.15) is 0 Å². The number of hydrogen-bond acceptors (Lipinski definition) is 3. The van der Waals surface area contributed by atoms with Crippen LogP contribution in [0.4, 0.5) is 0 Å². The second kappa shape index (κ2) is 6.84. The maximum Gasteiger partial charge on any atom is 0.319 e. The Bertz CT molecular complexity index is 396. The summed E-state index contributed by atoms with van der Waals surface area (Å²) in [5, 5.41) is 1.22. The van der Waals surface area contributed by atoms with Gasteiger partial charge < -0.3 is 4.74 Å². The van der Waals surface area contributed by atoms with Crippen LogP contribution in [0.3, 0.4) is 0 Å². The van der Waals surface area contributed by atoms with Crippen LogP contribution in [0.25, 0.3) is 0 Å². The second-order valence-corrected chi connectivity index (χ2v) is 4.46. The van der Waals surface area contributed by atoms with Gasteiger partial charge >= 0.3 is 5.97 Å². The number of carbonyl (C=O) groups is 1. The van der Waals surface area contributed by atoms with Crippen molar-refractivity contribution in [3.8, 4) is 0 Å². The molecule has 1 rings (SSSR count). The van der Waals surface area contributed by atoms with Crippen molar-refractivity contribution in [3.63, 3.8) is 0 Å². The van der Waals surface area contributed by atoms with E-state index in [9.17, 15) is 4.79 Å². The van der Waals surface area contributed by atoms with Crippen LogP contribution in [-0.2, 0) is 16.1 Å². The van der Waals surface area contributed by atoms with Crippen LogP contribution in [0.5, 0.6) is 0 Å². The fraction of sp³-hybridized carbons (Fsp3) is 0.417. The van der Waals surface area contributed by atoms with Crippen LogP contribution in [-0.4, -0.2) is 31.1 Å². The Balaban J connectivity index is 2.70. The minimum atomic E-state index is -0.253. The zero-order chi connectivity index (χ0) is 12.8. The molecule has 17 heavy (non-hydrogen) atoms. The zero-order valence-corrected chi connectivity index (χ0v) is 11.4. The Morgan fingerprint density at radius 2 is 2.12 bits per heavy atom. The maximum atomic E-state index is 11.2. The van der Waals surface area contributed by atoms with Gasteiger partial charge in [-0.1, -0.05) is 36.2 Å². The van der Waals surface area contributed by atoms with Crippen LogP contribution in [0.1, 0.15) is 12.5 Å². The lowest BCUT2D eigenvalue weighted by atomic mass is 10.2. The molecule has 5 heteroatoms. The van der Waals surface area contributed by atoms with Crippen LogP contribution in [0.15, 0.2) is 18.2 Å². The van der Waals surface area contributed by atoms with Crippen LogP contribution < -0.4 is 0 Å². The van der Waals surface area contributed by atoms with Crippen molar-refractivity contribution in [1.29, 1.82) is 0 Å². The molecule has 0 saturated heterocycles. The van der Waals surface area contributed by atoms with Crippen molar-refractivity contribution in [2.45, 2.75) is 13.5 Å². The Hall–Kier alpha value is -0.770. The Kier molecular flexibility index (Phi) is 5.75. The predicted octanol–water partition coefficient (Wildman–Crippen LogP) is 2.99. The van der Waals surface area contributed by atoms with Crippen molar-refractivity contribution in [2.75, 3.05) is 20.2 Å². The lowest BCUT2D eigenvalue weighted by Crippen LogP contribution is -2.30.